The lowest BCUT2D eigenvalue weighted by Crippen LogP contribution is -2.14. The largest absolute Gasteiger partial charge is 0.508 e. The number of phenolic OH excluding ortho intramolecular Hbond substituents is 1. The van der Waals surface area contributed by atoms with E-state index < -0.39 is 0 Å². The van der Waals surface area contributed by atoms with Crippen molar-refractivity contribution >= 4 is 28.4 Å². The highest BCUT2D eigenvalue weighted by Gasteiger charge is 2.09. The Balaban J connectivity index is 1.77. The van der Waals surface area contributed by atoms with Gasteiger partial charge in [0, 0.05) is 5.38 Å². The fourth-order valence-corrected chi connectivity index (χ4v) is 4.38. The van der Waals surface area contributed by atoms with Gasteiger partial charge >= 0.3 is 0 Å². The Hall–Kier alpha value is -2.96. The van der Waals surface area contributed by atoms with Gasteiger partial charge in [-0.3, -0.25) is 4.99 Å². The maximum Gasteiger partial charge on any atom is 0.206 e. The van der Waals surface area contributed by atoms with Gasteiger partial charge in [0.15, 0.2) is 0 Å². The molecular weight excluding hydrogens is 386 g/mol. The Morgan fingerprint density at radius 3 is 2.46 bits per heavy atom. The molecule has 1 N–H and O–H groups in total. The summed E-state index contributed by atoms with van der Waals surface area (Å²) in [5.41, 5.74) is 4.02. The van der Waals surface area contributed by atoms with E-state index in [-0.39, 0.29) is 5.75 Å². The Kier molecular flexibility index (Phi) is 5.50. The molecular formula is C22H19N3OS2. The first-order valence-corrected chi connectivity index (χ1v) is 10.6. The lowest BCUT2D eigenvalue weighted by atomic mass is 10.1. The minimum Gasteiger partial charge on any atom is -0.508 e. The molecule has 0 saturated carbocycles. The number of thiophene rings is 1. The molecule has 0 bridgehead atoms. The van der Waals surface area contributed by atoms with Crippen molar-refractivity contribution in [3.63, 3.8) is 0 Å². The van der Waals surface area contributed by atoms with Crippen molar-refractivity contribution in [1.29, 1.82) is 0 Å². The number of nitrogens with zero attached hydrogens (tertiary/aromatic N) is 3. The smallest absolute Gasteiger partial charge is 0.206 e. The van der Waals surface area contributed by atoms with Crippen LogP contribution in [-0.2, 0) is 6.54 Å². The molecule has 2 aromatic heterocycles. The Bertz CT molecular complexity index is 1140. The number of hydrogen-bond donors (Lipinski definition) is 1. The highest BCUT2D eigenvalue weighted by atomic mass is 32.1. The molecule has 0 saturated heterocycles. The van der Waals surface area contributed by atoms with Gasteiger partial charge in [-0.15, -0.1) is 22.7 Å². The van der Waals surface area contributed by atoms with Gasteiger partial charge in [0.1, 0.15) is 5.75 Å². The van der Waals surface area contributed by atoms with Gasteiger partial charge in [-0.25, -0.2) is 4.68 Å². The third-order valence-corrected chi connectivity index (χ3v) is 5.98. The van der Waals surface area contributed by atoms with Crippen molar-refractivity contribution in [3.8, 4) is 16.3 Å². The molecule has 4 aromatic rings. The van der Waals surface area contributed by atoms with Crippen molar-refractivity contribution in [2.24, 2.45) is 10.1 Å². The minimum atomic E-state index is 0.248. The SMILES string of the molecule is CC(=Nn1c(-c2cccs2)csc1=NCc1ccccc1)c1ccc(O)cc1. The average Bonchev–Trinajstić information content (AvgIpc) is 3.37. The normalized spacial score (nSPS) is 12.5. The van der Waals surface area contributed by atoms with Gasteiger partial charge in [0.25, 0.3) is 0 Å². The fraction of sp³-hybridized carbons (Fsp3) is 0.0909. The lowest BCUT2D eigenvalue weighted by molar-refractivity contribution is 0.475. The average molecular weight is 406 g/mol. The number of aromatic nitrogens is 1. The minimum absolute atomic E-state index is 0.248. The second-order valence-electron chi connectivity index (χ2n) is 6.23. The highest BCUT2D eigenvalue weighted by Crippen LogP contribution is 2.25. The van der Waals surface area contributed by atoms with E-state index in [1.54, 1.807) is 34.8 Å². The molecule has 140 valence electrons. The molecule has 0 radical (unpaired) electrons. The summed E-state index contributed by atoms with van der Waals surface area (Å²) < 4.78 is 1.92. The van der Waals surface area contributed by atoms with E-state index in [0.717, 1.165) is 26.6 Å². The zero-order chi connectivity index (χ0) is 19.3. The summed E-state index contributed by atoms with van der Waals surface area (Å²) >= 11 is 3.27. The summed E-state index contributed by atoms with van der Waals surface area (Å²) in [6.07, 6.45) is 0. The number of rotatable bonds is 5. The van der Waals surface area contributed by atoms with Crippen molar-refractivity contribution < 1.29 is 5.11 Å². The van der Waals surface area contributed by atoms with Crippen molar-refractivity contribution in [1.82, 2.24) is 4.68 Å². The molecule has 4 nitrogen and oxygen atoms in total. The van der Waals surface area contributed by atoms with E-state index in [1.165, 1.54) is 5.56 Å². The van der Waals surface area contributed by atoms with Gasteiger partial charge in [-0.2, -0.15) is 5.10 Å². The molecule has 2 aromatic carbocycles. The van der Waals surface area contributed by atoms with Crippen LogP contribution < -0.4 is 4.80 Å². The highest BCUT2D eigenvalue weighted by molar-refractivity contribution is 7.14. The first-order chi connectivity index (χ1) is 13.7. The van der Waals surface area contributed by atoms with Gasteiger partial charge in [-0.1, -0.05) is 36.4 Å². The molecule has 0 aliphatic carbocycles. The van der Waals surface area contributed by atoms with Gasteiger partial charge in [0.05, 0.1) is 22.8 Å². The molecule has 0 unspecified atom stereocenters. The summed E-state index contributed by atoms with van der Waals surface area (Å²) in [6, 6.07) is 21.4. The van der Waals surface area contributed by atoms with Crippen LogP contribution >= 0.6 is 22.7 Å². The lowest BCUT2D eigenvalue weighted by Gasteiger charge is -2.05. The second-order valence-corrected chi connectivity index (χ2v) is 8.01. The quantitative estimate of drug-likeness (QED) is 0.447. The molecule has 0 fully saturated rings. The molecule has 6 heteroatoms. The zero-order valence-electron chi connectivity index (χ0n) is 15.3. The molecule has 2 heterocycles. The number of aromatic hydroxyl groups is 1. The molecule has 4 rings (SSSR count). The van der Waals surface area contributed by atoms with E-state index in [9.17, 15) is 5.11 Å². The molecule has 0 amide bonds. The zero-order valence-corrected chi connectivity index (χ0v) is 17.0. The third kappa shape index (κ3) is 4.13. The van der Waals surface area contributed by atoms with Crippen molar-refractivity contribution in [3.05, 3.63) is 93.4 Å². The number of thiazole rings is 1. The Morgan fingerprint density at radius 1 is 0.964 bits per heavy atom. The van der Waals surface area contributed by atoms with Crippen LogP contribution in [0.4, 0.5) is 0 Å². The molecule has 0 atom stereocenters. The number of phenols is 1. The summed E-state index contributed by atoms with van der Waals surface area (Å²) in [7, 11) is 0. The molecule has 28 heavy (non-hydrogen) atoms. The topological polar surface area (TPSA) is 49.9 Å². The van der Waals surface area contributed by atoms with Crippen LogP contribution in [0.1, 0.15) is 18.1 Å². The van der Waals surface area contributed by atoms with Crippen molar-refractivity contribution in [2.75, 3.05) is 0 Å². The maximum absolute atomic E-state index is 9.53. The Labute approximate surface area is 171 Å². The molecule has 0 aliphatic rings. The van der Waals surface area contributed by atoms with Crippen LogP contribution in [-0.4, -0.2) is 15.5 Å². The van der Waals surface area contributed by atoms with Crippen LogP contribution in [0.15, 0.2) is 87.6 Å². The monoisotopic (exact) mass is 405 g/mol. The maximum atomic E-state index is 9.53. The molecule has 0 aliphatic heterocycles. The third-order valence-electron chi connectivity index (χ3n) is 4.23. The van der Waals surface area contributed by atoms with Crippen LogP contribution in [0.3, 0.4) is 0 Å². The van der Waals surface area contributed by atoms with Crippen LogP contribution in [0, 0.1) is 0 Å². The van der Waals surface area contributed by atoms with Crippen LogP contribution in [0.2, 0.25) is 0 Å². The predicted molar refractivity (Wildman–Crippen MR) is 117 cm³/mol. The summed E-state index contributed by atoms with van der Waals surface area (Å²) in [5, 5.41) is 18.6. The standard InChI is InChI=1S/C22H19N3OS2/c1-16(18-9-11-19(26)12-10-18)24-25-20(21-8-5-13-27-21)15-28-22(25)23-14-17-6-3-2-4-7-17/h2-13,15,26H,14H2,1H3. The van der Waals surface area contributed by atoms with E-state index in [1.807, 2.05) is 48.0 Å². The second kappa shape index (κ2) is 8.37. The summed E-state index contributed by atoms with van der Waals surface area (Å²) in [5.74, 6) is 0.248. The summed E-state index contributed by atoms with van der Waals surface area (Å²) in [6.45, 7) is 2.58. The summed E-state index contributed by atoms with van der Waals surface area (Å²) in [4.78, 5) is 6.81. The predicted octanol–water partition coefficient (Wildman–Crippen LogP) is 5.36. The van der Waals surface area contributed by atoms with Gasteiger partial charge in [0.2, 0.25) is 4.80 Å². The van der Waals surface area contributed by atoms with E-state index in [4.69, 9.17) is 10.1 Å². The van der Waals surface area contributed by atoms with Gasteiger partial charge < -0.3 is 5.11 Å². The number of benzene rings is 2. The van der Waals surface area contributed by atoms with Crippen LogP contribution in [0.25, 0.3) is 10.6 Å². The number of hydrogen-bond acceptors (Lipinski definition) is 5. The first kappa shape index (κ1) is 18.4. The van der Waals surface area contributed by atoms with E-state index in [2.05, 4.69) is 29.0 Å². The first-order valence-electron chi connectivity index (χ1n) is 8.84. The Morgan fingerprint density at radius 2 is 1.75 bits per heavy atom. The van der Waals surface area contributed by atoms with Crippen LogP contribution in [0.5, 0.6) is 5.75 Å². The van der Waals surface area contributed by atoms with Gasteiger partial charge in [-0.05, 0) is 53.8 Å². The van der Waals surface area contributed by atoms with E-state index in [0.29, 0.717) is 6.54 Å². The fourth-order valence-electron chi connectivity index (χ4n) is 2.75. The van der Waals surface area contributed by atoms with E-state index >= 15 is 0 Å². The van der Waals surface area contributed by atoms with Crippen molar-refractivity contribution in [2.45, 2.75) is 13.5 Å². The molecule has 0 spiro atoms.